The number of sulfonamides is 1. The standard InChI is InChI=1S/C18H22N2O5S/c19-16(21)18-12-13(18)8-4-2-1-3-7-11-25-14-9-5-6-10-15(14)26(23,24)20-17(18)22/h4-6,8-10,13H,1-3,7,11-12H2,(H2,19,21)(H,20,22)/b8-4+/t13-,18-/m1/s1. The van der Waals surface area contributed by atoms with E-state index in [4.69, 9.17) is 10.5 Å². The van der Waals surface area contributed by atoms with Crippen molar-refractivity contribution < 1.29 is 22.7 Å². The number of fused-ring (bicyclic) bond motifs is 2. The van der Waals surface area contributed by atoms with Crippen LogP contribution in [0, 0.1) is 11.3 Å². The number of allylic oxidation sites excluding steroid dienone is 2. The van der Waals surface area contributed by atoms with Gasteiger partial charge in [0.25, 0.3) is 10.0 Å². The van der Waals surface area contributed by atoms with Crippen LogP contribution < -0.4 is 15.2 Å². The molecule has 3 N–H and O–H groups in total. The number of rotatable bonds is 1. The average Bonchev–Trinajstić information content (AvgIpc) is 3.32. The minimum absolute atomic E-state index is 0.129. The molecule has 1 aliphatic carbocycles. The molecule has 0 saturated heterocycles. The molecule has 0 radical (unpaired) electrons. The number of hydrogen-bond acceptors (Lipinski definition) is 5. The summed E-state index contributed by atoms with van der Waals surface area (Å²) in [6.07, 6.45) is 7.43. The molecule has 2 atom stereocenters. The van der Waals surface area contributed by atoms with E-state index in [-0.39, 0.29) is 23.0 Å². The van der Waals surface area contributed by atoms with Crippen LogP contribution in [0.15, 0.2) is 41.3 Å². The number of benzene rings is 1. The van der Waals surface area contributed by atoms with Gasteiger partial charge in [-0.05, 0) is 44.2 Å². The van der Waals surface area contributed by atoms with Crippen LogP contribution in [0.1, 0.15) is 32.1 Å². The van der Waals surface area contributed by atoms with Crippen molar-refractivity contribution in [2.24, 2.45) is 17.1 Å². The Bertz CT molecular complexity index is 849. The van der Waals surface area contributed by atoms with Crippen molar-refractivity contribution in [3.8, 4) is 5.75 Å². The zero-order valence-electron chi connectivity index (χ0n) is 14.3. The first-order valence-electron chi connectivity index (χ1n) is 8.63. The van der Waals surface area contributed by atoms with E-state index in [0.717, 1.165) is 25.7 Å². The van der Waals surface area contributed by atoms with Crippen molar-refractivity contribution >= 4 is 21.8 Å². The predicted octanol–water partition coefficient (Wildman–Crippen LogP) is 1.49. The SMILES string of the molecule is NC(=O)[C@@]12C[C@H]1/C=C/CCCCCOc1ccccc1S(=O)(=O)NC2=O. The molecule has 1 fully saturated rings. The molecule has 3 rings (SSSR count). The molecule has 8 heteroatoms. The molecule has 1 aromatic rings. The summed E-state index contributed by atoms with van der Waals surface area (Å²) in [5.41, 5.74) is 3.92. The van der Waals surface area contributed by atoms with Gasteiger partial charge in [-0.15, -0.1) is 0 Å². The third-order valence-electron chi connectivity index (χ3n) is 4.87. The van der Waals surface area contributed by atoms with Crippen molar-refractivity contribution in [2.75, 3.05) is 6.61 Å². The largest absolute Gasteiger partial charge is 0.492 e. The second-order valence-corrected chi connectivity index (χ2v) is 8.30. The summed E-state index contributed by atoms with van der Waals surface area (Å²) < 4.78 is 33.0. The Balaban J connectivity index is 1.95. The Labute approximate surface area is 152 Å². The number of nitrogens with one attached hydrogen (secondary N) is 1. The van der Waals surface area contributed by atoms with Crippen molar-refractivity contribution in [3.63, 3.8) is 0 Å². The minimum Gasteiger partial charge on any atom is -0.492 e. The number of para-hydroxylation sites is 1. The van der Waals surface area contributed by atoms with Crippen molar-refractivity contribution in [1.29, 1.82) is 0 Å². The molecule has 0 aromatic heterocycles. The number of carbonyl (C=O) groups excluding carboxylic acids is 2. The maximum absolute atomic E-state index is 12.7. The van der Waals surface area contributed by atoms with Gasteiger partial charge >= 0.3 is 0 Å². The van der Waals surface area contributed by atoms with E-state index in [9.17, 15) is 18.0 Å². The molecule has 26 heavy (non-hydrogen) atoms. The highest BCUT2D eigenvalue weighted by molar-refractivity contribution is 7.90. The Kier molecular flexibility index (Phi) is 5.04. The maximum Gasteiger partial charge on any atom is 0.267 e. The highest BCUT2D eigenvalue weighted by Crippen LogP contribution is 2.53. The van der Waals surface area contributed by atoms with Crippen LogP contribution in [0.2, 0.25) is 0 Å². The Hall–Kier alpha value is -2.35. The van der Waals surface area contributed by atoms with E-state index in [1.807, 2.05) is 10.8 Å². The molecule has 7 nitrogen and oxygen atoms in total. The number of hydrogen-bond donors (Lipinski definition) is 2. The van der Waals surface area contributed by atoms with Gasteiger partial charge in [0, 0.05) is 5.92 Å². The summed E-state index contributed by atoms with van der Waals surface area (Å²) in [6.45, 7) is 0.387. The van der Waals surface area contributed by atoms with Gasteiger partial charge in [0.15, 0.2) is 0 Å². The van der Waals surface area contributed by atoms with Crippen LogP contribution in [0.4, 0.5) is 0 Å². The summed E-state index contributed by atoms with van der Waals surface area (Å²) in [7, 11) is -4.18. The molecule has 2 aliphatic rings. The molecule has 2 amide bonds. The van der Waals surface area contributed by atoms with Crippen molar-refractivity contribution in [3.05, 3.63) is 36.4 Å². The van der Waals surface area contributed by atoms with E-state index >= 15 is 0 Å². The van der Waals surface area contributed by atoms with Gasteiger partial charge in [-0.1, -0.05) is 24.3 Å². The van der Waals surface area contributed by atoms with Gasteiger partial charge in [-0.25, -0.2) is 13.1 Å². The highest BCUT2D eigenvalue weighted by atomic mass is 32.2. The molecule has 1 heterocycles. The summed E-state index contributed by atoms with van der Waals surface area (Å²) in [6, 6.07) is 6.12. The van der Waals surface area contributed by atoms with Crippen molar-refractivity contribution in [1.82, 2.24) is 4.72 Å². The van der Waals surface area contributed by atoms with Crippen LogP contribution in [0.5, 0.6) is 5.75 Å². The highest BCUT2D eigenvalue weighted by Gasteiger charge is 2.64. The topological polar surface area (TPSA) is 116 Å². The lowest BCUT2D eigenvalue weighted by Crippen LogP contribution is -2.44. The average molecular weight is 378 g/mol. The third kappa shape index (κ3) is 3.46. The summed E-state index contributed by atoms with van der Waals surface area (Å²) in [4.78, 5) is 24.4. The quantitative estimate of drug-likeness (QED) is 0.567. The summed E-state index contributed by atoms with van der Waals surface area (Å²) in [5, 5.41) is 0. The lowest BCUT2D eigenvalue weighted by atomic mass is 10.0. The summed E-state index contributed by atoms with van der Waals surface area (Å²) >= 11 is 0. The van der Waals surface area contributed by atoms with Crippen molar-refractivity contribution in [2.45, 2.75) is 37.0 Å². The molecule has 0 unspecified atom stereocenters. The third-order valence-corrected chi connectivity index (χ3v) is 6.24. The zero-order valence-corrected chi connectivity index (χ0v) is 15.1. The predicted molar refractivity (Wildman–Crippen MR) is 94.6 cm³/mol. The van der Waals surface area contributed by atoms with Gasteiger partial charge in [0.1, 0.15) is 16.1 Å². The molecular weight excluding hydrogens is 356 g/mol. The smallest absolute Gasteiger partial charge is 0.267 e. The number of primary amides is 1. The zero-order chi connectivity index (χ0) is 18.8. The van der Waals surface area contributed by atoms with Gasteiger partial charge in [-0.3, -0.25) is 9.59 Å². The summed E-state index contributed by atoms with van der Waals surface area (Å²) in [5.74, 6) is -1.88. The lowest BCUT2D eigenvalue weighted by Gasteiger charge is -2.15. The molecule has 140 valence electrons. The second-order valence-electron chi connectivity index (χ2n) is 6.65. The molecule has 1 aliphatic heterocycles. The minimum atomic E-state index is -4.18. The van der Waals surface area contributed by atoms with E-state index < -0.39 is 27.3 Å². The van der Waals surface area contributed by atoms with E-state index in [1.54, 1.807) is 24.3 Å². The number of nitrogens with two attached hydrogens (primary N) is 1. The van der Waals surface area contributed by atoms with E-state index in [2.05, 4.69) is 0 Å². The first-order chi connectivity index (χ1) is 12.4. The number of amides is 2. The Morgan fingerprint density at radius 3 is 2.77 bits per heavy atom. The molecule has 1 aromatic carbocycles. The molecule has 1 saturated carbocycles. The fourth-order valence-corrected chi connectivity index (χ4v) is 4.41. The van der Waals surface area contributed by atoms with Gasteiger partial charge < -0.3 is 10.5 Å². The lowest BCUT2D eigenvalue weighted by molar-refractivity contribution is -0.134. The Morgan fingerprint density at radius 1 is 1.23 bits per heavy atom. The first kappa shape index (κ1) is 18.4. The number of ether oxygens (including phenoxy) is 1. The van der Waals surface area contributed by atoms with Crippen LogP contribution in [0.3, 0.4) is 0 Å². The molecule has 0 spiro atoms. The Morgan fingerprint density at radius 2 is 2.00 bits per heavy atom. The first-order valence-corrected chi connectivity index (χ1v) is 10.1. The maximum atomic E-state index is 12.7. The van der Waals surface area contributed by atoms with E-state index in [1.165, 1.54) is 6.07 Å². The normalized spacial score (nSPS) is 29.5. The van der Waals surface area contributed by atoms with Crippen LogP contribution in [-0.2, 0) is 19.6 Å². The number of carbonyl (C=O) groups is 2. The monoisotopic (exact) mass is 378 g/mol. The van der Waals surface area contributed by atoms with Gasteiger partial charge in [0.05, 0.1) is 6.61 Å². The fraction of sp³-hybridized carbons (Fsp3) is 0.444. The van der Waals surface area contributed by atoms with E-state index in [0.29, 0.717) is 6.61 Å². The molecular formula is C18H22N2O5S. The van der Waals surface area contributed by atoms with Gasteiger partial charge in [-0.2, -0.15) is 0 Å². The van der Waals surface area contributed by atoms with Crippen LogP contribution in [-0.4, -0.2) is 26.8 Å². The fourth-order valence-electron chi connectivity index (χ4n) is 3.22. The van der Waals surface area contributed by atoms with Gasteiger partial charge in [0.2, 0.25) is 11.8 Å². The molecule has 0 bridgehead atoms. The van der Waals surface area contributed by atoms with Crippen LogP contribution >= 0.6 is 0 Å². The van der Waals surface area contributed by atoms with Crippen LogP contribution in [0.25, 0.3) is 0 Å². The second kappa shape index (κ2) is 7.11.